The molecule has 0 atom stereocenters. The van der Waals surface area contributed by atoms with Crippen LogP contribution in [0, 0.1) is 5.92 Å². The molecule has 1 saturated carbocycles. The minimum absolute atomic E-state index is 0.0430. The lowest BCUT2D eigenvalue weighted by molar-refractivity contribution is -0.160. The lowest BCUT2D eigenvalue weighted by Crippen LogP contribution is -2.30. The summed E-state index contributed by atoms with van der Waals surface area (Å²) in [5.74, 6) is -0.450. The number of allylic oxidation sites excluding steroid dienone is 1. The number of carbonyl (C=O) groups is 2. The predicted octanol–water partition coefficient (Wildman–Crippen LogP) is 3.01. The number of hydrogen-bond donors (Lipinski definition) is 0. The molecule has 0 bridgehead atoms. The topological polar surface area (TPSA) is 52.6 Å². The van der Waals surface area contributed by atoms with Crippen molar-refractivity contribution < 1.29 is 19.1 Å². The van der Waals surface area contributed by atoms with Crippen LogP contribution < -0.4 is 0 Å². The van der Waals surface area contributed by atoms with Gasteiger partial charge < -0.3 is 9.47 Å². The van der Waals surface area contributed by atoms with Crippen molar-refractivity contribution in [2.75, 3.05) is 6.61 Å². The molecule has 0 spiro atoms. The van der Waals surface area contributed by atoms with E-state index in [4.69, 9.17) is 9.47 Å². The Bertz CT molecular complexity index is 353. The molecule has 0 N–H and O–H groups in total. The highest BCUT2D eigenvalue weighted by Crippen LogP contribution is 2.30. The van der Waals surface area contributed by atoms with Gasteiger partial charge in [0.05, 0.1) is 12.5 Å². The summed E-state index contributed by atoms with van der Waals surface area (Å²) in [6.45, 7) is 7.80. The Kier molecular flexibility index (Phi) is 5.58. The first kappa shape index (κ1) is 15.7. The Morgan fingerprint density at radius 1 is 1.26 bits per heavy atom. The van der Waals surface area contributed by atoms with Crippen molar-refractivity contribution >= 4 is 11.9 Å². The average molecular weight is 268 g/mol. The Hall–Kier alpha value is -1.32. The Morgan fingerprint density at radius 2 is 1.84 bits per heavy atom. The second-order valence-electron chi connectivity index (χ2n) is 5.86. The summed E-state index contributed by atoms with van der Waals surface area (Å²) in [5.41, 5.74) is 0.635. The molecule has 0 aromatic heterocycles. The maximum absolute atomic E-state index is 11.9. The third kappa shape index (κ3) is 5.90. The zero-order valence-corrected chi connectivity index (χ0v) is 12.3. The van der Waals surface area contributed by atoms with Crippen LogP contribution in [0.15, 0.2) is 11.6 Å². The minimum atomic E-state index is -0.432. The van der Waals surface area contributed by atoms with Crippen LogP contribution in [0.2, 0.25) is 0 Å². The minimum Gasteiger partial charge on any atom is -0.463 e. The second kappa shape index (κ2) is 6.73. The first-order valence-electron chi connectivity index (χ1n) is 6.91. The van der Waals surface area contributed by atoms with Crippen LogP contribution in [0.25, 0.3) is 0 Å². The quantitative estimate of drug-likeness (QED) is 0.583. The summed E-state index contributed by atoms with van der Waals surface area (Å²) in [6, 6.07) is 0. The Morgan fingerprint density at radius 3 is 2.32 bits per heavy atom. The van der Waals surface area contributed by atoms with E-state index < -0.39 is 5.60 Å². The average Bonchev–Trinajstić information content (AvgIpc) is 2.27. The lowest BCUT2D eigenvalue weighted by Gasteiger charge is -2.27. The molecule has 4 heteroatoms. The fraction of sp³-hybridized carbons (Fsp3) is 0.733. The maximum Gasteiger partial charge on any atom is 0.330 e. The fourth-order valence-corrected chi connectivity index (χ4v) is 2.10. The second-order valence-corrected chi connectivity index (χ2v) is 5.86. The smallest absolute Gasteiger partial charge is 0.330 e. The molecule has 0 unspecified atom stereocenters. The van der Waals surface area contributed by atoms with Gasteiger partial charge in [-0.25, -0.2) is 4.79 Å². The lowest BCUT2D eigenvalue weighted by atomic mass is 9.85. The van der Waals surface area contributed by atoms with E-state index in [1.165, 1.54) is 0 Å². The molecule has 108 valence electrons. The van der Waals surface area contributed by atoms with Crippen LogP contribution >= 0.6 is 0 Å². The highest BCUT2D eigenvalue weighted by molar-refractivity contribution is 5.83. The van der Waals surface area contributed by atoms with Crippen molar-refractivity contribution in [1.29, 1.82) is 0 Å². The number of ether oxygens (including phenoxy) is 2. The molecule has 0 saturated heterocycles. The Balaban J connectivity index is 2.45. The molecule has 0 heterocycles. The molecule has 1 rings (SSSR count). The van der Waals surface area contributed by atoms with Crippen LogP contribution in [0.5, 0.6) is 0 Å². The van der Waals surface area contributed by atoms with Crippen LogP contribution in [0.3, 0.4) is 0 Å². The molecule has 0 aromatic rings. The van der Waals surface area contributed by atoms with Crippen molar-refractivity contribution in [1.82, 2.24) is 0 Å². The van der Waals surface area contributed by atoms with Gasteiger partial charge in [0, 0.05) is 6.08 Å². The molecular formula is C15H24O4. The van der Waals surface area contributed by atoms with Gasteiger partial charge in [-0.05, 0) is 53.4 Å². The van der Waals surface area contributed by atoms with Crippen molar-refractivity contribution in [3.63, 3.8) is 0 Å². The highest BCUT2D eigenvalue weighted by atomic mass is 16.6. The number of hydrogen-bond acceptors (Lipinski definition) is 4. The van der Waals surface area contributed by atoms with Crippen LogP contribution in [0.1, 0.15) is 53.4 Å². The normalized spacial score (nSPS) is 19.8. The van der Waals surface area contributed by atoms with Crippen molar-refractivity contribution in [3.8, 4) is 0 Å². The van der Waals surface area contributed by atoms with Gasteiger partial charge in [-0.2, -0.15) is 0 Å². The van der Waals surface area contributed by atoms with E-state index in [9.17, 15) is 9.59 Å². The van der Waals surface area contributed by atoms with E-state index in [0.29, 0.717) is 6.61 Å². The third-order valence-corrected chi connectivity index (χ3v) is 2.98. The largest absolute Gasteiger partial charge is 0.463 e. The number of esters is 2. The summed E-state index contributed by atoms with van der Waals surface area (Å²) in [5, 5.41) is 0. The van der Waals surface area contributed by atoms with Gasteiger partial charge in [0.25, 0.3) is 0 Å². The van der Waals surface area contributed by atoms with Crippen molar-refractivity contribution in [2.24, 2.45) is 5.92 Å². The van der Waals surface area contributed by atoms with E-state index in [2.05, 4.69) is 0 Å². The molecule has 4 nitrogen and oxygen atoms in total. The van der Waals surface area contributed by atoms with E-state index in [-0.39, 0.29) is 17.9 Å². The molecule has 19 heavy (non-hydrogen) atoms. The molecular weight excluding hydrogens is 244 g/mol. The molecule has 0 aromatic carbocycles. The van der Waals surface area contributed by atoms with E-state index in [1.54, 1.807) is 13.0 Å². The van der Waals surface area contributed by atoms with Gasteiger partial charge >= 0.3 is 11.9 Å². The zero-order chi connectivity index (χ0) is 14.5. The fourth-order valence-electron chi connectivity index (χ4n) is 2.10. The molecule has 1 fully saturated rings. The third-order valence-electron chi connectivity index (χ3n) is 2.98. The molecule has 1 aliphatic rings. The van der Waals surface area contributed by atoms with Crippen LogP contribution in [-0.4, -0.2) is 24.1 Å². The number of carbonyl (C=O) groups excluding carboxylic acids is 2. The summed E-state index contributed by atoms with van der Waals surface area (Å²) >= 11 is 0. The zero-order valence-electron chi connectivity index (χ0n) is 12.3. The SMILES string of the molecule is CCOC(=O)C=C1CCC(C(=O)OC(C)(C)C)CC1. The summed E-state index contributed by atoms with van der Waals surface area (Å²) in [4.78, 5) is 23.2. The maximum atomic E-state index is 11.9. The van der Waals surface area contributed by atoms with Crippen molar-refractivity contribution in [2.45, 2.75) is 59.0 Å². The van der Waals surface area contributed by atoms with E-state index >= 15 is 0 Å². The molecule has 1 aliphatic carbocycles. The molecule has 0 amide bonds. The summed E-state index contributed by atoms with van der Waals surface area (Å²) < 4.78 is 10.3. The van der Waals surface area contributed by atoms with Gasteiger partial charge in [-0.3, -0.25) is 4.79 Å². The van der Waals surface area contributed by atoms with Gasteiger partial charge in [-0.15, -0.1) is 0 Å². The predicted molar refractivity (Wildman–Crippen MR) is 72.5 cm³/mol. The molecule has 0 radical (unpaired) electrons. The first-order chi connectivity index (χ1) is 8.81. The Labute approximate surface area is 115 Å². The van der Waals surface area contributed by atoms with Crippen LogP contribution in [-0.2, 0) is 19.1 Å². The summed E-state index contributed by atoms with van der Waals surface area (Å²) in [7, 11) is 0. The van der Waals surface area contributed by atoms with Gasteiger partial charge in [0.15, 0.2) is 0 Å². The van der Waals surface area contributed by atoms with Crippen molar-refractivity contribution in [3.05, 3.63) is 11.6 Å². The number of rotatable bonds is 3. The van der Waals surface area contributed by atoms with Crippen LogP contribution in [0.4, 0.5) is 0 Å². The monoisotopic (exact) mass is 268 g/mol. The van der Waals surface area contributed by atoms with E-state index in [1.807, 2.05) is 20.8 Å². The van der Waals surface area contributed by atoms with E-state index in [0.717, 1.165) is 31.3 Å². The summed E-state index contributed by atoms with van der Waals surface area (Å²) in [6.07, 6.45) is 4.60. The highest BCUT2D eigenvalue weighted by Gasteiger charge is 2.28. The van der Waals surface area contributed by atoms with Gasteiger partial charge in [-0.1, -0.05) is 5.57 Å². The van der Waals surface area contributed by atoms with Gasteiger partial charge in [0.2, 0.25) is 0 Å². The van der Waals surface area contributed by atoms with Gasteiger partial charge in [0.1, 0.15) is 5.60 Å². The standard InChI is InChI=1S/C15H24O4/c1-5-18-13(16)10-11-6-8-12(9-7-11)14(17)19-15(2,3)4/h10,12H,5-9H2,1-4H3. The molecule has 0 aliphatic heterocycles. The first-order valence-corrected chi connectivity index (χ1v) is 6.91.